The highest BCUT2D eigenvalue weighted by Gasteiger charge is 2.21. The molecule has 2 aromatic heterocycles. The van der Waals surface area contributed by atoms with Crippen LogP contribution in [-0.4, -0.2) is 34.5 Å². The zero-order chi connectivity index (χ0) is 15.6. The van der Waals surface area contributed by atoms with E-state index in [9.17, 15) is 13.2 Å². The molecule has 0 bridgehead atoms. The van der Waals surface area contributed by atoms with E-state index in [1.54, 1.807) is 0 Å². The number of thiophene rings is 1. The number of hydrogen-bond acceptors (Lipinski definition) is 6. The van der Waals surface area contributed by atoms with Gasteiger partial charge in [0, 0.05) is 0 Å². The molecule has 8 nitrogen and oxygen atoms in total. The van der Waals surface area contributed by atoms with Crippen LogP contribution in [0, 0.1) is 0 Å². The second-order valence-corrected chi connectivity index (χ2v) is 7.84. The van der Waals surface area contributed by atoms with Gasteiger partial charge in [0.05, 0.1) is 22.8 Å². The molecule has 0 aliphatic rings. The highest BCUT2D eigenvalue weighted by molar-refractivity contribution is 7.89. The molecule has 2 N–H and O–H groups in total. The molecular weight excluding hydrogens is 363 g/mol. The van der Waals surface area contributed by atoms with Gasteiger partial charge in [0.25, 0.3) is 0 Å². The third-order valence-corrected chi connectivity index (χ3v) is 5.40. The number of halogens is 2. The van der Waals surface area contributed by atoms with E-state index in [-0.39, 0.29) is 32.4 Å². The Balaban J connectivity index is 2.07. The van der Waals surface area contributed by atoms with Crippen molar-refractivity contribution in [3.63, 3.8) is 0 Å². The predicted molar refractivity (Wildman–Crippen MR) is 76.0 cm³/mol. The zero-order valence-corrected chi connectivity index (χ0v) is 13.3. The number of hydrogen-bond donors (Lipinski definition) is 2. The highest BCUT2D eigenvalue weighted by Crippen LogP contribution is 2.34. The summed E-state index contributed by atoms with van der Waals surface area (Å²) in [6, 6.07) is 1.25. The smallest absolute Gasteiger partial charge is 0.325 e. The lowest BCUT2D eigenvalue weighted by Gasteiger charge is -2.03. The number of rotatable bonds is 6. The minimum Gasteiger partial charge on any atom is -0.480 e. The molecule has 0 aliphatic carbocycles. The maximum absolute atomic E-state index is 12.0. The van der Waals surface area contributed by atoms with Crippen LogP contribution < -0.4 is 4.72 Å². The van der Waals surface area contributed by atoms with Crippen molar-refractivity contribution in [2.45, 2.75) is 18.0 Å². The van der Waals surface area contributed by atoms with Crippen LogP contribution in [0.2, 0.25) is 8.67 Å². The van der Waals surface area contributed by atoms with E-state index < -0.39 is 16.0 Å². The maximum Gasteiger partial charge on any atom is 0.325 e. The lowest BCUT2D eigenvalue weighted by atomic mass is 10.5. The van der Waals surface area contributed by atoms with Crippen molar-refractivity contribution in [1.29, 1.82) is 0 Å². The summed E-state index contributed by atoms with van der Waals surface area (Å²) in [7, 11) is -3.83. The van der Waals surface area contributed by atoms with Crippen molar-refractivity contribution in [3.05, 3.63) is 26.6 Å². The fraction of sp³-hybridized carbons (Fsp3) is 0.222. The number of aliphatic carboxylic acids is 1. The molecule has 0 radical (unpaired) electrons. The van der Waals surface area contributed by atoms with E-state index in [1.807, 2.05) is 0 Å². The normalized spacial score (nSPS) is 11.7. The molecule has 0 saturated heterocycles. The molecule has 2 rings (SSSR count). The summed E-state index contributed by atoms with van der Waals surface area (Å²) in [6.07, 6.45) is 1.33. The van der Waals surface area contributed by atoms with E-state index >= 15 is 0 Å². The average molecular weight is 371 g/mol. The zero-order valence-electron chi connectivity index (χ0n) is 10.2. The van der Waals surface area contributed by atoms with Crippen LogP contribution in [-0.2, 0) is 27.9 Å². The summed E-state index contributed by atoms with van der Waals surface area (Å²) >= 11 is 12.4. The van der Waals surface area contributed by atoms with Crippen molar-refractivity contribution in [2.24, 2.45) is 0 Å². The lowest BCUT2D eigenvalue weighted by Crippen LogP contribution is -2.23. The predicted octanol–water partition coefficient (Wildman–Crippen LogP) is 1.21. The van der Waals surface area contributed by atoms with Crippen molar-refractivity contribution in [2.75, 3.05) is 0 Å². The minimum absolute atomic E-state index is 0.0574. The first-order valence-corrected chi connectivity index (χ1v) is 8.39. The number of sulfonamides is 1. The van der Waals surface area contributed by atoms with Gasteiger partial charge in [-0.2, -0.15) is 0 Å². The van der Waals surface area contributed by atoms with Gasteiger partial charge in [-0.3, -0.25) is 4.79 Å². The molecular formula is C9H8Cl2N4O4S2. The molecule has 21 heavy (non-hydrogen) atoms. The monoisotopic (exact) mass is 370 g/mol. The van der Waals surface area contributed by atoms with Crippen molar-refractivity contribution in [3.8, 4) is 0 Å². The van der Waals surface area contributed by atoms with E-state index in [2.05, 4.69) is 15.0 Å². The molecule has 2 aromatic rings. The summed E-state index contributed by atoms with van der Waals surface area (Å²) in [5, 5.41) is 15.8. The Morgan fingerprint density at radius 3 is 2.76 bits per heavy atom. The third-order valence-electron chi connectivity index (χ3n) is 2.24. The number of carboxylic acid groups (broad SMARTS) is 1. The van der Waals surface area contributed by atoms with Crippen molar-refractivity contribution >= 4 is 50.5 Å². The Hall–Kier alpha value is -1.20. The second kappa shape index (κ2) is 6.28. The molecule has 0 aromatic carbocycles. The number of carbonyl (C=O) groups is 1. The largest absolute Gasteiger partial charge is 0.480 e. The van der Waals surface area contributed by atoms with E-state index in [4.69, 9.17) is 28.3 Å². The fourth-order valence-corrected chi connectivity index (χ4v) is 4.54. The van der Waals surface area contributed by atoms with Crippen LogP contribution in [0.25, 0.3) is 0 Å². The summed E-state index contributed by atoms with van der Waals surface area (Å²) in [5.41, 5.74) is 0.275. The topological polar surface area (TPSA) is 114 Å². The Morgan fingerprint density at radius 2 is 2.19 bits per heavy atom. The Labute approximate surface area is 133 Å². The fourth-order valence-electron chi connectivity index (χ4n) is 1.39. The number of nitrogens with zero attached hydrogens (tertiary/aromatic N) is 3. The first kappa shape index (κ1) is 16.2. The molecule has 12 heteroatoms. The standard InChI is InChI=1S/C9H8Cl2N4O4S2/c10-7-1-6(9(11)20-7)21(18,19)12-2-5-3-15(14-13-5)4-8(16)17/h1,3,12H,2,4H2,(H,16,17). The van der Waals surface area contributed by atoms with Crippen molar-refractivity contribution < 1.29 is 18.3 Å². The van der Waals surface area contributed by atoms with Gasteiger partial charge in [0.1, 0.15) is 15.8 Å². The molecule has 0 aliphatic heterocycles. The molecule has 2 heterocycles. The Bertz CT molecular complexity index is 771. The average Bonchev–Trinajstić information content (AvgIpc) is 2.93. The molecule has 0 amide bonds. The lowest BCUT2D eigenvalue weighted by molar-refractivity contribution is -0.137. The van der Waals surface area contributed by atoms with Crippen LogP contribution in [0.1, 0.15) is 5.69 Å². The van der Waals surface area contributed by atoms with Gasteiger partial charge >= 0.3 is 5.97 Å². The minimum atomic E-state index is -3.83. The Morgan fingerprint density at radius 1 is 1.48 bits per heavy atom. The van der Waals surface area contributed by atoms with Gasteiger partial charge in [-0.05, 0) is 6.07 Å². The summed E-state index contributed by atoms with van der Waals surface area (Å²) < 4.78 is 27.7. The molecule has 114 valence electrons. The van der Waals surface area contributed by atoms with E-state index in [0.29, 0.717) is 0 Å². The van der Waals surface area contributed by atoms with Gasteiger partial charge in [0.2, 0.25) is 10.0 Å². The molecule has 0 fully saturated rings. The van der Waals surface area contributed by atoms with E-state index in [0.717, 1.165) is 16.0 Å². The molecule has 0 unspecified atom stereocenters. The third kappa shape index (κ3) is 4.14. The van der Waals surface area contributed by atoms with Gasteiger partial charge in [-0.1, -0.05) is 28.4 Å². The van der Waals surface area contributed by atoms with Gasteiger partial charge in [0.15, 0.2) is 0 Å². The number of aromatic nitrogens is 3. The molecule has 0 atom stereocenters. The number of carboxylic acids is 1. The van der Waals surface area contributed by atoms with E-state index in [1.165, 1.54) is 12.3 Å². The molecule has 0 spiro atoms. The van der Waals surface area contributed by atoms with Crippen LogP contribution in [0.3, 0.4) is 0 Å². The van der Waals surface area contributed by atoms with Crippen molar-refractivity contribution in [1.82, 2.24) is 19.7 Å². The van der Waals surface area contributed by atoms with Crippen LogP contribution in [0.15, 0.2) is 17.2 Å². The van der Waals surface area contributed by atoms with Crippen LogP contribution in [0.5, 0.6) is 0 Å². The summed E-state index contributed by atoms with van der Waals surface area (Å²) in [6.45, 7) is -0.503. The maximum atomic E-state index is 12.0. The Kier molecular flexibility index (Phi) is 4.84. The first-order valence-electron chi connectivity index (χ1n) is 5.33. The summed E-state index contributed by atoms with van der Waals surface area (Å²) in [5.74, 6) is -1.08. The van der Waals surface area contributed by atoms with Crippen LogP contribution in [0.4, 0.5) is 0 Å². The molecule has 0 saturated carbocycles. The van der Waals surface area contributed by atoms with Gasteiger partial charge < -0.3 is 5.11 Å². The summed E-state index contributed by atoms with van der Waals surface area (Å²) in [4.78, 5) is 10.4. The number of nitrogens with one attached hydrogen (secondary N) is 1. The van der Waals surface area contributed by atoms with Gasteiger partial charge in [-0.15, -0.1) is 16.4 Å². The second-order valence-electron chi connectivity index (χ2n) is 3.81. The quantitative estimate of drug-likeness (QED) is 0.789. The highest BCUT2D eigenvalue weighted by atomic mass is 35.5. The van der Waals surface area contributed by atoms with Gasteiger partial charge in [-0.25, -0.2) is 17.8 Å². The SMILES string of the molecule is O=C(O)Cn1cc(CNS(=O)(=O)c2cc(Cl)sc2Cl)nn1. The first-order chi connectivity index (χ1) is 9.78. The van der Waals surface area contributed by atoms with Crippen LogP contribution >= 0.6 is 34.5 Å².